The second kappa shape index (κ2) is 10.1. The molecule has 2 aliphatic carbocycles. The molecular formula is C21H35NO3. The molecule has 0 aliphatic heterocycles. The topological polar surface area (TPSA) is 61.5 Å². The van der Waals surface area contributed by atoms with Crippen LogP contribution in [0.2, 0.25) is 0 Å². The van der Waals surface area contributed by atoms with Crippen LogP contribution in [-0.4, -0.2) is 32.3 Å². The molecule has 0 aromatic rings. The number of esters is 1. The predicted octanol–water partition coefficient (Wildman–Crippen LogP) is 4.15. The highest BCUT2D eigenvalue weighted by Crippen LogP contribution is 2.41. The third-order valence-corrected chi connectivity index (χ3v) is 5.81. The Labute approximate surface area is 152 Å². The molecule has 1 fully saturated rings. The third-order valence-electron chi connectivity index (χ3n) is 5.81. The van der Waals surface area contributed by atoms with Crippen LogP contribution in [0.25, 0.3) is 0 Å². The molecule has 1 unspecified atom stereocenters. The van der Waals surface area contributed by atoms with Crippen LogP contribution < -0.4 is 5.73 Å². The first-order chi connectivity index (χ1) is 12.1. The average molecular weight is 350 g/mol. The van der Waals surface area contributed by atoms with Crippen molar-refractivity contribution in [2.75, 3.05) is 20.8 Å². The Bertz CT molecular complexity index is 486. The van der Waals surface area contributed by atoms with Crippen molar-refractivity contribution in [3.05, 3.63) is 23.8 Å². The normalized spacial score (nSPS) is 28.8. The lowest BCUT2D eigenvalue weighted by Crippen LogP contribution is -2.46. The Morgan fingerprint density at radius 3 is 2.68 bits per heavy atom. The summed E-state index contributed by atoms with van der Waals surface area (Å²) < 4.78 is 9.95. The minimum absolute atomic E-state index is 0.253. The van der Waals surface area contributed by atoms with Gasteiger partial charge in [0.15, 0.2) is 0 Å². The minimum atomic E-state index is -0.764. The average Bonchev–Trinajstić information content (AvgIpc) is 3.04. The number of ether oxygens (including phenoxy) is 2. The van der Waals surface area contributed by atoms with Crippen LogP contribution >= 0.6 is 0 Å². The van der Waals surface area contributed by atoms with Crippen LogP contribution in [0, 0.1) is 11.8 Å². The van der Waals surface area contributed by atoms with E-state index in [4.69, 9.17) is 15.2 Å². The number of hydrogen-bond acceptors (Lipinski definition) is 4. The molecule has 2 N–H and O–H groups in total. The van der Waals surface area contributed by atoms with Gasteiger partial charge in [-0.1, -0.05) is 43.1 Å². The van der Waals surface area contributed by atoms with Gasteiger partial charge < -0.3 is 15.2 Å². The Kier molecular flexibility index (Phi) is 8.17. The fourth-order valence-corrected chi connectivity index (χ4v) is 4.19. The summed E-state index contributed by atoms with van der Waals surface area (Å²) in [5.41, 5.74) is 6.95. The maximum Gasteiger partial charge on any atom is 0.325 e. The molecule has 142 valence electrons. The number of unbranched alkanes of at least 4 members (excludes halogenated alkanes) is 4. The van der Waals surface area contributed by atoms with Crippen LogP contribution in [0.4, 0.5) is 0 Å². The van der Waals surface area contributed by atoms with Crippen LogP contribution in [0.5, 0.6) is 0 Å². The van der Waals surface area contributed by atoms with E-state index >= 15 is 0 Å². The first-order valence-electron chi connectivity index (χ1n) is 9.82. The summed E-state index contributed by atoms with van der Waals surface area (Å²) in [5, 5.41) is 0. The molecular weight excluding hydrogens is 314 g/mol. The second-order valence-electron chi connectivity index (χ2n) is 7.70. The largest absolute Gasteiger partial charge is 0.468 e. The van der Waals surface area contributed by atoms with E-state index in [9.17, 15) is 4.79 Å². The summed E-state index contributed by atoms with van der Waals surface area (Å²) in [7, 11) is 3.20. The van der Waals surface area contributed by atoms with Crippen molar-refractivity contribution in [1.82, 2.24) is 0 Å². The highest BCUT2D eigenvalue weighted by molar-refractivity contribution is 5.80. The fraction of sp³-hybridized carbons (Fsp3) is 0.762. The van der Waals surface area contributed by atoms with Crippen molar-refractivity contribution in [2.24, 2.45) is 17.6 Å². The van der Waals surface area contributed by atoms with Crippen LogP contribution in [-0.2, 0) is 14.3 Å². The van der Waals surface area contributed by atoms with Crippen molar-refractivity contribution in [1.29, 1.82) is 0 Å². The molecule has 25 heavy (non-hydrogen) atoms. The molecule has 4 nitrogen and oxygen atoms in total. The quantitative estimate of drug-likeness (QED) is 0.475. The molecule has 0 saturated heterocycles. The molecule has 1 saturated carbocycles. The summed E-state index contributed by atoms with van der Waals surface area (Å²) in [5.74, 6) is 0.767. The van der Waals surface area contributed by atoms with E-state index in [1.165, 1.54) is 51.2 Å². The first-order valence-corrected chi connectivity index (χ1v) is 9.82. The molecule has 2 rings (SSSR count). The summed E-state index contributed by atoms with van der Waals surface area (Å²) in [6, 6.07) is 0. The smallest absolute Gasteiger partial charge is 0.325 e. The molecule has 0 spiro atoms. The molecule has 3 atom stereocenters. The van der Waals surface area contributed by atoms with E-state index in [0.29, 0.717) is 11.8 Å². The zero-order valence-corrected chi connectivity index (χ0v) is 16.0. The zero-order valence-electron chi connectivity index (χ0n) is 16.0. The van der Waals surface area contributed by atoms with Gasteiger partial charge in [0, 0.05) is 13.7 Å². The number of rotatable bonds is 10. The maximum atomic E-state index is 11.9. The lowest BCUT2D eigenvalue weighted by Gasteiger charge is -2.25. The van der Waals surface area contributed by atoms with Gasteiger partial charge in [-0.2, -0.15) is 0 Å². The molecule has 2 aliphatic rings. The van der Waals surface area contributed by atoms with Crippen molar-refractivity contribution in [3.63, 3.8) is 0 Å². The highest BCUT2D eigenvalue weighted by Gasteiger charge is 2.44. The molecule has 0 aromatic carbocycles. The Balaban J connectivity index is 1.66. The Morgan fingerprint density at radius 2 is 2.00 bits per heavy atom. The lowest BCUT2D eigenvalue weighted by atomic mass is 9.82. The van der Waals surface area contributed by atoms with Crippen molar-refractivity contribution >= 4 is 5.97 Å². The molecule has 4 heteroatoms. The third kappa shape index (κ3) is 5.96. The summed E-state index contributed by atoms with van der Waals surface area (Å²) >= 11 is 0. The van der Waals surface area contributed by atoms with Gasteiger partial charge in [-0.15, -0.1) is 0 Å². The molecule has 0 bridgehead atoms. The predicted molar refractivity (Wildman–Crippen MR) is 101 cm³/mol. The van der Waals surface area contributed by atoms with E-state index in [1.54, 1.807) is 7.11 Å². The highest BCUT2D eigenvalue weighted by atomic mass is 16.5. The number of carbonyl (C=O) groups is 1. The zero-order chi connectivity index (χ0) is 18.1. The van der Waals surface area contributed by atoms with Gasteiger partial charge in [-0.3, -0.25) is 4.79 Å². The van der Waals surface area contributed by atoms with E-state index in [1.807, 2.05) is 0 Å². The standard InChI is InChI=1S/C21H35NO3/c1-24-15-7-5-3-4-6-8-17-9-11-18(12-10-17)19-13-14-21(22,16-19)20(23)25-2/h9-11,18-19H,3-8,12-16,22H2,1-2H3/t18?,19-,21+/m0/s1. The second-order valence-corrected chi connectivity index (χ2v) is 7.70. The van der Waals surface area contributed by atoms with E-state index < -0.39 is 5.54 Å². The van der Waals surface area contributed by atoms with Gasteiger partial charge >= 0.3 is 5.97 Å². The number of hydrogen-bond donors (Lipinski definition) is 1. The summed E-state index contributed by atoms with van der Waals surface area (Å²) in [6.07, 6.45) is 18.1. The molecule has 0 aromatic heterocycles. The number of allylic oxidation sites excluding steroid dienone is 4. The van der Waals surface area contributed by atoms with Crippen molar-refractivity contribution in [2.45, 2.75) is 69.7 Å². The lowest BCUT2D eigenvalue weighted by molar-refractivity contribution is -0.146. The van der Waals surface area contributed by atoms with Gasteiger partial charge in [0.25, 0.3) is 0 Å². The maximum absolute atomic E-state index is 11.9. The van der Waals surface area contributed by atoms with Gasteiger partial charge in [-0.05, 0) is 56.8 Å². The van der Waals surface area contributed by atoms with Gasteiger partial charge in [0.05, 0.1) is 7.11 Å². The summed E-state index contributed by atoms with van der Waals surface area (Å²) in [4.78, 5) is 11.9. The van der Waals surface area contributed by atoms with Crippen molar-refractivity contribution < 1.29 is 14.3 Å². The number of nitrogens with two attached hydrogens (primary N) is 1. The SMILES string of the molecule is COCCCCCCCC1=CCC([C@H]2CC[C@](N)(C(=O)OC)C2)C=C1. The van der Waals surface area contributed by atoms with Gasteiger partial charge in [0.2, 0.25) is 0 Å². The van der Waals surface area contributed by atoms with E-state index in [-0.39, 0.29) is 5.97 Å². The molecule has 0 amide bonds. The molecule has 0 heterocycles. The van der Waals surface area contributed by atoms with Crippen molar-refractivity contribution in [3.8, 4) is 0 Å². The fourth-order valence-electron chi connectivity index (χ4n) is 4.19. The van der Waals surface area contributed by atoms with Gasteiger partial charge in [-0.25, -0.2) is 0 Å². The van der Waals surface area contributed by atoms with Gasteiger partial charge in [0.1, 0.15) is 5.54 Å². The first kappa shape index (κ1) is 20.2. The van der Waals surface area contributed by atoms with E-state index in [2.05, 4.69) is 18.2 Å². The monoisotopic (exact) mass is 349 g/mol. The number of methoxy groups -OCH3 is 2. The Hall–Kier alpha value is -1.13. The van der Waals surface area contributed by atoms with Crippen LogP contribution in [0.1, 0.15) is 64.2 Å². The number of carbonyl (C=O) groups excluding carboxylic acids is 1. The summed E-state index contributed by atoms with van der Waals surface area (Å²) in [6.45, 7) is 0.885. The van der Waals surface area contributed by atoms with E-state index in [0.717, 1.165) is 32.3 Å². The van der Waals surface area contributed by atoms with Crippen LogP contribution in [0.15, 0.2) is 23.8 Å². The molecule has 0 radical (unpaired) electrons. The van der Waals surface area contributed by atoms with Crippen LogP contribution in [0.3, 0.4) is 0 Å². The minimum Gasteiger partial charge on any atom is -0.468 e. The Morgan fingerprint density at radius 1 is 1.24 bits per heavy atom.